The van der Waals surface area contributed by atoms with Crippen molar-refractivity contribution in [1.29, 1.82) is 0 Å². The molecule has 1 amide bonds. The van der Waals surface area contributed by atoms with Gasteiger partial charge in [-0.05, 0) is 49.7 Å². The number of hydrogen-bond donors (Lipinski definition) is 0. The molecule has 0 bridgehead atoms. The average molecular weight is 442 g/mol. The van der Waals surface area contributed by atoms with Crippen LogP contribution in [0.2, 0.25) is 0 Å². The predicted molar refractivity (Wildman–Crippen MR) is 130 cm³/mol. The summed E-state index contributed by atoms with van der Waals surface area (Å²) in [6.45, 7) is 4.60. The smallest absolute Gasteiger partial charge is 0.266 e. The summed E-state index contributed by atoms with van der Waals surface area (Å²) in [5, 5.41) is 0.537. The minimum atomic E-state index is -0.482. The zero-order chi connectivity index (χ0) is 23.4. The fraction of sp³-hybridized carbons (Fsp3) is 0.222. The van der Waals surface area contributed by atoms with E-state index in [1.165, 1.54) is 0 Å². The van der Waals surface area contributed by atoms with Gasteiger partial charge in [0.05, 0.1) is 29.2 Å². The van der Waals surface area contributed by atoms with Gasteiger partial charge in [0.15, 0.2) is 0 Å². The molecular formula is C27H27N3O3. The number of carbonyl (C=O) groups is 1. The van der Waals surface area contributed by atoms with E-state index in [2.05, 4.69) is 0 Å². The first-order valence-corrected chi connectivity index (χ1v) is 11.0. The first-order valence-electron chi connectivity index (χ1n) is 11.0. The lowest BCUT2D eigenvalue weighted by Crippen LogP contribution is -2.39. The molecule has 0 fully saturated rings. The van der Waals surface area contributed by atoms with E-state index in [9.17, 15) is 9.59 Å². The molecule has 4 rings (SSSR count). The van der Waals surface area contributed by atoms with E-state index in [4.69, 9.17) is 9.72 Å². The van der Waals surface area contributed by atoms with E-state index < -0.39 is 6.04 Å². The molecule has 1 unspecified atom stereocenters. The lowest BCUT2D eigenvalue weighted by atomic mass is 10.1. The van der Waals surface area contributed by atoms with Crippen LogP contribution in [0.25, 0.3) is 16.6 Å². The highest BCUT2D eigenvalue weighted by Crippen LogP contribution is 2.25. The average Bonchev–Trinajstić information content (AvgIpc) is 2.85. The molecule has 0 N–H and O–H groups in total. The van der Waals surface area contributed by atoms with Crippen molar-refractivity contribution in [2.24, 2.45) is 0 Å². The van der Waals surface area contributed by atoms with Crippen molar-refractivity contribution in [2.75, 3.05) is 20.3 Å². The van der Waals surface area contributed by atoms with Gasteiger partial charge >= 0.3 is 0 Å². The Kier molecular flexibility index (Phi) is 6.66. The number of rotatable bonds is 7. The Bertz CT molecular complexity index is 1330. The zero-order valence-corrected chi connectivity index (χ0v) is 19.1. The molecule has 6 nitrogen and oxygen atoms in total. The van der Waals surface area contributed by atoms with Gasteiger partial charge in [0.25, 0.3) is 11.5 Å². The lowest BCUT2D eigenvalue weighted by Gasteiger charge is -2.30. The molecule has 6 heteroatoms. The highest BCUT2D eigenvalue weighted by molar-refractivity contribution is 5.94. The Morgan fingerprint density at radius 2 is 1.67 bits per heavy atom. The van der Waals surface area contributed by atoms with Crippen LogP contribution in [0.4, 0.5) is 0 Å². The van der Waals surface area contributed by atoms with Crippen molar-refractivity contribution in [2.45, 2.75) is 19.9 Å². The van der Waals surface area contributed by atoms with E-state index in [1.807, 2.05) is 74.5 Å². The number of nitrogens with zero attached hydrogens (tertiary/aromatic N) is 3. The maximum Gasteiger partial charge on any atom is 0.266 e. The molecule has 1 heterocycles. The maximum atomic E-state index is 13.7. The fourth-order valence-electron chi connectivity index (χ4n) is 4.02. The van der Waals surface area contributed by atoms with Crippen LogP contribution in [-0.2, 0) is 4.74 Å². The summed E-state index contributed by atoms with van der Waals surface area (Å²) in [5.74, 6) is 0.368. The molecule has 0 saturated heterocycles. The molecule has 0 aliphatic rings. The largest absolute Gasteiger partial charge is 0.383 e. The number of amides is 1. The third kappa shape index (κ3) is 4.43. The molecule has 33 heavy (non-hydrogen) atoms. The fourth-order valence-corrected chi connectivity index (χ4v) is 4.02. The van der Waals surface area contributed by atoms with Crippen molar-refractivity contribution in [3.05, 3.63) is 106 Å². The van der Waals surface area contributed by atoms with Gasteiger partial charge in [0, 0.05) is 19.2 Å². The summed E-state index contributed by atoms with van der Waals surface area (Å²) in [7, 11) is 1.60. The Labute approximate surface area is 193 Å². The summed E-state index contributed by atoms with van der Waals surface area (Å²) in [5.41, 5.74) is 2.72. The number of aromatic nitrogens is 2. The SMILES string of the molecule is COCCN(C(=O)c1ccccc1)C(C)c1nc2ccccc2c(=O)n1-c1ccccc1C. The number of para-hydroxylation sites is 2. The van der Waals surface area contributed by atoms with Crippen molar-refractivity contribution in [3.63, 3.8) is 0 Å². The molecule has 0 spiro atoms. The molecule has 0 saturated carbocycles. The molecule has 1 atom stereocenters. The summed E-state index contributed by atoms with van der Waals surface area (Å²) in [6, 6.07) is 23.7. The highest BCUT2D eigenvalue weighted by atomic mass is 16.5. The maximum absolute atomic E-state index is 13.7. The number of fused-ring (bicyclic) bond motifs is 1. The second-order valence-corrected chi connectivity index (χ2v) is 7.95. The number of methoxy groups -OCH3 is 1. The second-order valence-electron chi connectivity index (χ2n) is 7.95. The van der Waals surface area contributed by atoms with Gasteiger partial charge in [0.2, 0.25) is 0 Å². The summed E-state index contributed by atoms with van der Waals surface area (Å²) in [4.78, 5) is 33.8. The quantitative estimate of drug-likeness (QED) is 0.422. The van der Waals surface area contributed by atoms with Crippen LogP contribution in [0, 0.1) is 6.92 Å². The monoisotopic (exact) mass is 441 g/mol. The first-order chi connectivity index (χ1) is 16.0. The van der Waals surface area contributed by atoms with Crippen LogP contribution in [0.3, 0.4) is 0 Å². The van der Waals surface area contributed by atoms with Gasteiger partial charge in [-0.25, -0.2) is 4.98 Å². The van der Waals surface area contributed by atoms with Crippen molar-refractivity contribution in [1.82, 2.24) is 14.5 Å². The number of hydrogen-bond acceptors (Lipinski definition) is 4. The normalized spacial score (nSPS) is 12.0. The van der Waals surface area contributed by atoms with E-state index in [0.29, 0.717) is 35.4 Å². The number of carbonyl (C=O) groups excluding carboxylic acids is 1. The van der Waals surface area contributed by atoms with Gasteiger partial charge in [0.1, 0.15) is 5.82 Å². The first kappa shape index (κ1) is 22.4. The molecule has 1 aromatic heterocycles. The molecule has 3 aromatic carbocycles. The minimum absolute atomic E-state index is 0.140. The van der Waals surface area contributed by atoms with Crippen LogP contribution in [0.1, 0.15) is 34.7 Å². The van der Waals surface area contributed by atoms with Crippen LogP contribution < -0.4 is 5.56 Å². The molecule has 0 radical (unpaired) electrons. The number of aryl methyl sites for hydroxylation is 1. The molecule has 168 valence electrons. The standard InChI is InChI=1S/C27H27N3O3/c1-19-11-7-10-16-24(19)30-25(28-23-15-9-8-14-22(23)27(30)32)20(2)29(17-18-33-3)26(31)21-12-5-4-6-13-21/h4-16,20H,17-18H2,1-3H3. The molecule has 4 aromatic rings. The Morgan fingerprint density at radius 1 is 1.00 bits per heavy atom. The van der Waals surface area contributed by atoms with E-state index in [-0.39, 0.29) is 11.5 Å². The lowest BCUT2D eigenvalue weighted by molar-refractivity contribution is 0.0605. The van der Waals surface area contributed by atoms with Crippen LogP contribution in [0.5, 0.6) is 0 Å². The Balaban J connectivity index is 1.92. The van der Waals surface area contributed by atoms with Gasteiger partial charge in [-0.2, -0.15) is 0 Å². The molecular weight excluding hydrogens is 414 g/mol. The van der Waals surface area contributed by atoms with Gasteiger partial charge < -0.3 is 9.64 Å². The van der Waals surface area contributed by atoms with E-state index >= 15 is 0 Å². The van der Waals surface area contributed by atoms with Gasteiger partial charge in [-0.15, -0.1) is 0 Å². The van der Waals surface area contributed by atoms with Crippen molar-refractivity contribution < 1.29 is 9.53 Å². The molecule has 0 aliphatic heterocycles. The van der Waals surface area contributed by atoms with Crippen LogP contribution in [-0.4, -0.2) is 40.6 Å². The minimum Gasteiger partial charge on any atom is -0.383 e. The molecule has 0 aliphatic carbocycles. The predicted octanol–water partition coefficient (Wildman–Crippen LogP) is 4.54. The van der Waals surface area contributed by atoms with E-state index in [0.717, 1.165) is 11.3 Å². The topological polar surface area (TPSA) is 64.4 Å². The van der Waals surface area contributed by atoms with Crippen molar-refractivity contribution in [3.8, 4) is 5.69 Å². The Hall–Kier alpha value is -3.77. The zero-order valence-electron chi connectivity index (χ0n) is 19.1. The summed E-state index contributed by atoms with van der Waals surface area (Å²) < 4.78 is 6.93. The van der Waals surface area contributed by atoms with Crippen LogP contribution in [0.15, 0.2) is 83.7 Å². The highest BCUT2D eigenvalue weighted by Gasteiger charge is 2.27. The van der Waals surface area contributed by atoms with Crippen molar-refractivity contribution >= 4 is 16.8 Å². The summed E-state index contributed by atoms with van der Waals surface area (Å²) >= 11 is 0. The Morgan fingerprint density at radius 3 is 2.39 bits per heavy atom. The second kappa shape index (κ2) is 9.79. The number of ether oxygens (including phenoxy) is 1. The van der Waals surface area contributed by atoms with Gasteiger partial charge in [-0.1, -0.05) is 48.5 Å². The van der Waals surface area contributed by atoms with E-state index in [1.54, 1.807) is 34.8 Å². The third-order valence-corrected chi connectivity index (χ3v) is 5.82. The van der Waals surface area contributed by atoms with Crippen LogP contribution >= 0.6 is 0 Å². The summed E-state index contributed by atoms with van der Waals surface area (Å²) in [6.07, 6.45) is 0. The van der Waals surface area contributed by atoms with Gasteiger partial charge in [-0.3, -0.25) is 14.2 Å². The third-order valence-electron chi connectivity index (χ3n) is 5.82. The number of benzene rings is 3.